The summed E-state index contributed by atoms with van der Waals surface area (Å²) >= 11 is 0. The third-order valence-corrected chi connectivity index (χ3v) is 7.62. The first-order chi connectivity index (χ1) is 23.6. The largest absolute Gasteiger partial charge is 0.508 e. The van der Waals surface area contributed by atoms with E-state index in [1.54, 1.807) is 77.9 Å². The molecule has 10 heteroatoms. The van der Waals surface area contributed by atoms with Gasteiger partial charge in [0.15, 0.2) is 0 Å². The van der Waals surface area contributed by atoms with Gasteiger partial charge in [-0.2, -0.15) is 0 Å². The second kappa shape index (κ2) is 18.2. The Hall–Kier alpha value is -4.86. The number of alkyl carbamates (subject to hydrolysis) is 1. The lowest BCUT2D eigenvalue weighted by atomic mass is 9.98. The smallest absolute Gasteiger partial charge is 0.408 e. The molecule has 3 N–H and O–H groups in total. The van der Waals surface area contributed by atoms with Crippen molar-refractivity contribution in [2.45, 2.75) is 110 Å². The molecule has 0 fully saturated rings. The Bertz CT molecular complexity index is 1530. The maximum atomic E-state index is 14.8. The summed E-state index contributed by atoms with van der Waals surface area (Å²) in [6.07, 6.45) is 1.73. The SMILES string of the molecule is CCCCCN(C(=O)C(Cc1ccc(O)cc1)NC(=O)OC(C)(C)C)C(C(=O)NC(Cc1ccccc1)C(=O)OC(C)(C)C)c1ccccc1. The van der Waals surface area contributed by atoms with Crippen LogP contribution in [0.5, 0.6) is 5.75 Å². The number of aromatic hydroxyl groups is 1. The molecule has 0 heterocycles. The molecule has 3 aromatic rings. The van der Waals surface area contributed by atoms with Crippen LogP contribution in [0, 0.1) is 0 Å². The van der Waals surface area contributed by atoms with Crippen LogP contribution in [0.15, 0.2) is 84.9 Å². The van der Waals surface area contributed by atoms with Crippen LogP contribution in [-0.2, 0) is 36.7 Å². The number of hydrogen-bond acceptors (Lipinski definition) is 7. The molecule has 0 aliphatic rings. The van der Waals surface area contributed by atoms with E-state index in [2.05, 4.69) is 10.6 Å². The number of nitrogens with zero attached hydrogens (tertiary/aromatic N) is 1. The first-order valence-corrected chi connectivity index (χ1v) is 17.3. The Morgan fingerprint density at radius 2 is 1.24 bits per heavy atom. The highest BCUT2D eigenvalue weighted by molar-refractivity contribution is 5.94. The van der Waals surface area contributed by atoms with Gasteiger partial charge in [-0.15, -0.1) is 0 Å². The highest BCUT2D eigenvalue weighted by atomic mass is 16.6. The lowest BCUT2D eigenvalue weighted by Crippen LogP contribution is -2.55. The predicted molar refractivity (Wildman–Crippen MR) is 193 cm³/mol. The van der Waals surface area contributed by atoms with E-state index >= 15 is 0 Å². The number of carbonyl (C=O) groups is 4. The van der Waals surface area contributed by atoms with Crippen molar-refractivity contribution in [2.75, 3.05) is 6.54 Å². The molecule has 3 rings (SSSR count). The minimum absolute atomic E-state index is 0.0637. The van der Waals surface area contributed by atoms with Gasteiger partial charge in [0.25, 0.3) is 0 Å². The molecule has 0 saturated heterocycles. The second-order valence-corrected chi connectivity index (χ2v) is 14.4. The zero-order valence-corrected chi connectivity index (χ0v) is 30.4. The second-order valence-electron chi connectivity index (χ2n) is 14.4. The molecule has 0 bridgehead atoms. The Morgan fingerprint density at radius 1 is 0.700 bits per heavy atom. The van der Waals surface area contributed by atoms with Crippen LogP contribution in [0.4, 0.5) is 4.79 Å². The van der Waals surface area contributed by atoms with Gasteiger partial charge in [0.05, 0.1) is 0 Å². The van der Waals surface area contributed by atoms with Crippen LogP contribution < -0.4 is 10.6 Å². The maximum absolute atomic E-state index is 14.8. The van der Waals surface area contributed by atoms with Crippen molar-refractivity contribution in [3.8, 4) is 5.75 Å². The first-order valence-electron chi connectivity index (χ1n) is 17.3. The summed E-state index contributed by atoms with van der Waals surface area (Å²) in [7, 11) is 0. The number of phenols is 1. The number of rotatable bonds is 15. The van der Waals surface area contributed by atoms with Crippen molar-refractivity contribution in [3.05, 3.63) is 102 Å². The third-order valence-electron chi connectivity index (χ3n) is 7.62. The number of unbranched alkanes of at least 4 members (excludes halogenated alkanes) is 2. The highest BCUT2D eigenvalue weighted by Crippen LogP contribution is 2.25. The molecule has 0 aliphatic carbocycles. The summed E-state index contributed by atoms with van der Waals surface area (Å²) in [6, 6.07) is 21.3. The number of phenolic OH excluding ortho intramolecular Hbond substituents is 1. The molecule has 0 radical (unpaired) electrons. The number of ether oxygens (including phenoxy) is 2. The monoisotopic (exact) mass is 687 g/mol. The Kier molecular flexibility index (Phi) is 14.4. The van der Waals surface area contributed by atoms with Gasteiger partial charge in [0.1, 0.15) is 35.1 Å². The molecule has 10 nitrogen and oxygen atoms in total. The average molecular weight is 688 g/mol. The number of benzene rings is 3. The van der Waals surface area contributed by atoms with Crippen LogP contribution in [-0.4, -0.2) is 63.7 Å². The molecule has 270 valence electrons. The van der Waals surface area contributed by atoms with Crippen molar-refractivity contribution >= 4 is 23.9 Å². The van der Waals surface area contributed by atoms with Gasteiger partial charge in [-0.25, -0.2) is 9.59 Å². The summed E-state index contributed by atoms with van der Waals surface area (Å²) in [5, 5.41) is 15.5. The predicted octanol–water partition coefficient (Wildman–Crippen LogP) is 6.66. The van der Waals surface area contributed by atoms with E-state index in [0.29, 0.717) is 17.5 Å². The quantitative estimate of drug-likeness (QED) is 0.120. The summed E-state index contributed by atoms with van der Waals surface area (Å²) < 4.78 is 11.3. The van der Waals surface area contributed by atoms with Crippen LogP contribution >= 0.6 is 0 Å². The summed E-state index contributed by atoms with van der Waals surface area (Å²) in [5.41, 5.74) is 0.426. The summed E-state index contributed by atoms with van der Waals surface area (Å²) in [4.78, 5) is 57.5. The molecule has 50 heavy (non-hydrogen) atoms. The van der Waals surface area contributed by atoms with E-state index < -0.39 is 53.2 Å². The van der Waals surface area contributed by atoms with E-state index in [0.717, 1.165) is 18.4 Å². The zero-order valence-electron chi connectivity index (χ0n) is 30.4. The summed E-state index contributed by atoms with van der Waals surface area (Å²) in [5.74, 6) is -1.59. The third kappa shape index (κ3) is 13.2. The fraction of sp³-hybridized carbons (Fsp3) is 0.450. The number of amides is 3. The zero-order chi connectivity index (χ0) is 36.9. The molecule has 3 aromatic carbocycles. The van der Waals surface area contributed by atoms with Gasteiger partial charge in [-0.1, -0.05) is 92.6 Å². The van der Waals surface area contributed by atoms with Gasteiger partial charge in [0, 0.05) is 19.4 Å². The van der Waals surface area contributed by atoms with Crippen molar-refractivity contribution < 1.29 is 33.8 Å². The first kappa shape index (κ1) is 39.6. The molecule has 0 aromatic heterocycles. The Balaban J connectivity index is 2.08. The van der Waals surface area contributed by atoms with Crippen LogP contribution in [0.3, 0.4) is 0 Å². The van der Waals surface area contributed by atoms with E-state index in [4.69, 9.17) is 9.47 Å². The molecule has 3 unspecified atom stereocenters. The Labute approximate surface area is 296 Å². The molecule has 0 saturated carbocycles. The van der Waals surface area contributed by atoms with E-state index in [-0.39, 0.29) is 25.1 Å². The van der Waals surface area contributed by atoms with Crippen molar-refractivity contribution in [2.24, 2.45) is 0 Å². The number of esters is 1. The molecule has 0 aliphatic heterocycles. The van der Waals surface area contributed by atoms with Crippen LogP contribution in [0.2, 0.25) is 0 Å². The van der Waals surface area contributed by atoms with Gasteiger partial charge >= 0.3 is 12.1 Å². The lowest BCUT2D eigenvalue weighted by molar-refractivity contribution is -0.159. The topological polar surface area (TPSA) is 134 Å². The van der Waals surface area contributed by atoms with Crippen molar-refractivity contribution in [3.63, 3.8) is 0 Å². The maximum Gasteiger partial charge on any atom is 0.408 e. The minimum atomic E-state index is -1.15. The van der Waals surface area contributed by atoms with Crippen molar-refractivity contribution in [1.29, 1.82) is 0 Å². The van der Waals surface area contributed by atoms with E-state index in [9.17, 15) is 24.3 Å². The summed E-state index contributed by atoms with van der Waals surface area (Å²) in [6.45, 7) is 12.7. The normalized spacial score (nSPS) is 13.3. The molecular formula is C40H53N3O7. The van der Waals surface area contributed by atoms with E-state index in [1.807, 2.05) is 43.3 Å². The fourth-order valence-corrected chi connectivity index (χ4v) is 5.39. The van der Waals surface area contributed by atoms with Gasteiger partial charge in [-0.05, 0) is 76.8 Å². The fourth-order valence-electron chi connectivity index (χ4n) is 5.39. The number of carbonyl (C=O) groups excluding carboxylic acids is 4. The van der Waals surface area contributed by atoms with Gasteiger partial charge in [0.2, 0.25) is 11.8 Å². The van der Waals surface area contributed by atoms with E-state index in [1.165, 1.54) is 17.0 Å². The molecular weight excluding hydrogens is 634 g/mol. The number of hydrogen-bond donors (Lipinski definition) is 3. The van der Waals surface area contributed by atoms with Crippen LogP contribution in [0.25, 0.3) is 0 Å². The molecule has 3 atom stereocenters. The average Bonchev–Trinajstić information content (AvgIpc) is 3.03. The van der Waals surface area contributed by atoms with Gasteiger partial charge in [-0.3, -0.25) is 9.59 Å². The minimum Gasteiger partial charge on any atom is -0.508 e. The highest BCUT2D eigenvalue weighted by Gasteiger charge is 2.38. The van der Waals surface area contributed by atoms with Crippen LogP contribution in [0.1, 0.15) is 90.5 Å². The molecule has 3 amide bonds. The standard InChI is InChI=1S/C40H53N3O7/c1-8-9-16-25-43(36(46)32(42-38(48)50-40(5,6)7)26-29-21-23-31(44)24-22-29)34(30-19-14-11-15-20-30)35(45)41-33(37(47)49-39(2,3)4)27-28-17-12-10-13-18-28/h10-15,17-24,32-34,44H,8-9,16,25-27H2,1-7H3,(H,41,45)(H,42,48). The Morgan fingerprint density at radius 3 is 1.80 bits per heavy atom. The van der Waals surface area contributed by atoms with Crippen molar-refractivity contribution in [1.82, 2.24) is 15.5 Å². The molecule has 0 spiro atoms. The lowest BCUT2D eigenvalue weighted by Gasteiger charge is -2.35. The number of nitrogens with one attached hydrogen (secondary N) is 2. The van der Waals surface area contributed by atoms with Gasteiger partial charge < -0.3 is 30.1 Å².